The van der Waals surface area contributed by atoms with Gasteiger partial charge in [0, 0.05) is 18.2 Å². The summed E-state index contributed by atoms with van der Waals surface area (Å²) in [4.78, 5) is 14.5. The average Bonchev–Trinajstić information content (AvgIpc) is 2.42. The molecule has 1 aromatic rings. The minimum absolute atomic E-state index is 0.185. The van der Waals surface area contributed by atoms with Gasteiger partial charge in [0.2, 0.25) is 0 Å². The standard InChI is InChI=1S/C16H23NO2/c1-13-5-7-14(8-6-13)16(19)12-17-10-3-2-4-15(17)9-11-18/h5-8,15,18H,2-4,9-12H2,1H3. The Morgan fingerprint density at radius 1 is 1.32 bits per heavy atom. The second-order valence-electron chi connectivity index (χ2n) is 5.42. The molecule has 0 amide bonds. The van der Waals surface area contributed by atoms with Gasteiger partial charge in [-0.25, -0.2) is 0 Å². The van der Waals surface area contributed by atoms with Crippen LogP contribution in [0.25, 0.3) is 0 Å². The third kappa shape index (κ3) is 3.88. The normalized spacial score (nSPS) is 20.4. The molecule has 0 aromatic heterocycles. The highest BCUT2D eigenvalue weighted by Gasteiger charge is 2.23. The zero-order valence-corrected chi connectivity index (χ0v) is 11.6. The SMILES string of the molecule is Cc1ccc(C(=O)CN2CCCCC2CCO)cc1. The summed E-state index contributed by atoms with van der Waals surface area (Å²) >= 11 is 0. The van der Waals surface area contributed by atoms with E-state index in [9.17, 15) is 4.79 Å². The van der Waals surface area contributed by atoms with Crippen molar-refractivity contribution in [1.29, 1.82) is 0 Å². The highest BCUT2D eigenvalue weighted by molar-refractivity contribution is 5.97. The number of aryl methyl sites for hydroxylation is 1. The largest absolute Gasteiger partial charge is 0.396 e. The third-order valence-corrected chi connectivity index (χ3v) is 3.93. The number of carbonyl (C=O) groups is 1. The van der Waals surface area contributed by atoms with Crippen LogP contribution in [0, 0.1) is 6.92 Å². The molecule has 1 aliphatic heterocycles. The van der Waals surface area contributed by atoms with Crippen LogP contribution in [-0.2, 0) is 0 Å². The average molecular weight is 261 g/mol. The molecule has 0 bridgehead atoms. The number of hydrogen-bond donors (Lipinski definition) is 1. The number of carbonyl (C=O) groups excluding carboxylic acids is 1. The van der Waals surface area contributed by atoms with Crippen LogP contribution in [0.2, 0.25) is 0 Å². The lowest BCUT2D eigenvalue weighted by atomic mass is 9.98. The summed E-state index contributed by atoms with van der Waals surface area (Å²) in [5.74, 6) is 0.185. The predicted octanol–water partition coefficient (Wildman–Crippen LogP) is 2.41. The van der Waals surface area contributed by atoms with Gasteiger partial charge < -0.3 is 5.11 Å². The van der Waals surface area contributed by atoms with Crippen LogP contribution in [0.3, 0.4) is 0 Å². The first-order valence-corrected chi connectivity index (χ1v) is 7.15. The van der Waals surface area contributed by atoms with E-state index in [4.69, 9.17) is 5.11 Å². The summed E-state index contributed by atoms with van der Waals surface area (Å²) in [7, 11) is 0. The van der Waals surface area contributed by atoms with E-state index in [0.29, 0.717) is 12.6 Å². The van der Waals surface area contributed by atoms with E-state index in [1.807, 2.05) is 31.2 Å². The van der Waals surface area contributed by atoms with Crippen LogP contribution in [0.5, 0.6) is 0 Å². The van der Waals surface area contributed by atoms with E-state index >= 15 is 0 Å². The molecule has 1 aromatic carbocycles. The Bertz CT molecular complexity index is 411. The highest BCUT2D eigenvalue weighted by atomic mass is 16.3. The van der Waals surface area contributed by atoms with Crippen molar-refractivity contribution in [2.45, 2.75) is 38.6 Å². The molecule has 0 aliphatic carbocycles. The topological polar surface area (TPSA) is 40.5 Å². The molecule has 1 heterocycles. The van der Waals surface area contributed by atoms with Crippen molar-refractivity contribution in [3.63, 3.8) is 0 Å². The Morgan fingerprint density at radius 3 is 2.74 bits per heavy atom. The number of hydrogen-bond acceptors (Lipinski definition) is 3. The predicted molar refractivity (Wildman–Crippen MR) is 76.4 cm³/mol. The van der Waals surface area contributed by atoms with E-state index in [1.54, 1.807) is 0 Å². The molecule has 1 saturated heterocycles. The number of piperidine rings is 1. The summed E-state index contributed by atoms with van der Waals surface area (Å²) in [5.41, 5.74) is 1.96. The lowest BCUT2D eigenvalue weighted by molar-refractivity contribution is 0.0799. The van der Waals surface area contributed by atoms with Crippen molar-refractivity contribution in [2.75, 3.05) is 19.7 Å². The molecule has 0 saturated carbocycles. The molecule has 3 nitrogen and oxygen atoms in total. The number of ketones is 1. The maximum Gasteiger partial charge on any atom is 0.176 e. The molecule has 2 rings (SSSR count). The van der Waals surface area contributed by atoms with Crippen molar-refractivity contribution >= 4 is 5.78 Å². The highest BCUT2D eigenvalue weighted by Crippen LogP contribution is 2.20. The van der Waals surface area contributed by atoms with Gasteiger partial charge in [0.25, 0.3) is 0 Å². The molecular formula is C16H23NO2. The van der Waals surface area contributed by atoms with Gasteiger partial charge >= 0.3 is 0 Å². The molecule has 19 heavy (non-hydrogen) atoms. The molecule has 1 atom stereocenters. The Balaban J connectivity index is 1.98. The minimum Gasteiger partial charge on any atom is -0.396 e. The van der Waals surface area contributed by atoms with E-state index in [-0.39, 0.29) is 12.4 Å². The zero-order chi connectivity index (χ0) is 13.7. The first kappa shape index (κ1) is 14.2. The summed E-state index contributed by atoms with van der Waals surface area (Å²) in [6.07, 6.45) is 4.24. The molecule has 1 unspecified atom stereocenters. The van der Waals surface area contributed by atoms with Crippen molar-refractivity contribution in [3.8, 4) is 0 Å². The Hall–Kier alpha value is -1.19. The number of benzene rings is 1. The van der Waals surface area contributed by atoms with Gasteiger partial charge in [-0.05, 0) is 32.7 Å². The van der Waals surface area contributed by atoms with Crippen LogP contribution in [0.1, 0.15) is 41.6 Å². The summed E-state index contributed by atoms with van der Waals surface area (Å²) in [5, 5.41) is 9.11. The van der Waals surface area contributed by atoms with E-state index < -0.39 is 0 Å². The maximum absolute atomic E-state index is 12.3. The van der Waals surface area contributed by atoms with Gasteiger partial charge in [-0.15, -0.1) is 0 Å². The van der Waals surface area contributed by atoms with Gasteiger partial charge in [0.05, 0.1) is 6.54 Å². The molecule has 1 N–H and O–H groups in total. The molecule has 1 fully saturated rings. The van der Waals surface area contributed by atoms with Crippen LogP contribution in [0.4, 0.5) is 0 Å². The number of aliphatic hydroxyl groups excluding tert-OH is 1. The Morgan fingerprint density at radius 2 is 2.05 bits per heavy atom. The molecule has 3 heteroatoms. The fourth-order valence-electron chi connectivity index (χ4n) is 2.76. The third-order valence-electron chi connectivity index (χ3n) is 3.93. The number of rotatable bonds is 5. The van der Waals surface area contributed by atoms with Gasteiger partial charge in [-0.3, -0.25) is 9.69 Å². The molecular weight excluding hydrogens is 238 g/mol. The number of likely N-dealkylation sites (tertiary alicyclic amines) is 1. The van der Waals surface area contributed by atoms with E-state index in [0.717, 1.165) is 31.4 Å². The van der Waals surface area contributed by atoms with E-state index in [2.05, 4.69) is 4.90 Å². The summed E-state index contributed by atoms with van der Waals surface area (Å²) in [6, 6.07) is 8.14. The second kappa shape index (κ2) is 6.83. The van der Waals surface area contributed by atoms with Gasteiger partial charge in [0.1, 0.15) is 0 Å². The molecule has 104 valence electrons. The summed E-state index contributed by atoms with van der Waals surface area (Å²) in [6.45, 7) is 3.69. The number of Topliss-reactive ketones (excluding diaryl/α,β-unsaturated/α-hetero) is 1. The van der Waals surface area contributed by atoms with Crippen LogP contribution >= 0.6 is 0 Å². The minimum atomic E-state index is 0.185. The summed E-state index contributed by atoms with van der Waals surface area (Å²) < 4.78 is 0. The Kier molecular flexibility index (Phi) is 5.11. The van der Waals surface area contributed by atoms with Crippen LogP contribution in [0.15, 0.2) is 24.3 Å². The van der Waals surface area contributed by atoms with Crippen molar-refractivity contribution < 1.29 is 9.90 Å². The van der Waals surface area contributed by atoms with Crippen molar-refractivity contribution in [2.24, 2.45) is 0 Å². The van der Waals surface area contributed by atoms with E-state index in [1.165, 1.54) is 12.0 Å². The lowest BCUT2D eigenvalue weighted by Crippen LogP contribution is -2.43. The molecule has 0 spiro atoms. The van der Waals surface area contributed by atoms with Gasteiger partial charge in [-0.1, -0.05) is 36.2 Å². The number of aliphatic hydroxyl groups is 1. The fraction of sp³-hybridized carbons (Fsp3) is 0.562. The van der Waals surface area contributed by atoms with Crippen LogP contribution in [-0.4, -0.2) is 41.5 Å². The Labute approximate surface area is 115 Å². The monoisotopic (exact) mass is 261 g/mol. The second-order valence-corrected chi connectivity index (χ2v) is 5.42. The molecule has 0 radical (unpaired) electrons. The fourth-order valence-corrected chi connectivity index (χ4v) is 2.76. The zero-order valence-electron chi connectivity index (χ0n) is 11.6. The van der Waals surface area contributed by atoms with Crippen molar-refractivity contribution in [1.82, 2.24) is 4.90 Å². The smallest absolute Gasteiger partial charge is 0.176 e. The van der Waals surface area contributed by atoms with Gasteiger partial charge in [0.15, 0.2) is 5.78 Å². The maximum atomic E-state index is 12.3. The van der Waals surface area contributed by atoms with Gasteiger partial charge in [-0.2, -0.15) is 0 Å². The first-order valence-electron chi connectivity index (χ1n) is 7.15. The van der Waals surface area contributed by atoms with Crippen LogP contribution < -0.4 is 0 Å². The molecule has 1 aliphatic rings. The van der Waals surface area contributed by atoms with Crippen molar-refractivity contribution in [3.05, 3.63) is 35.4 Å². The lowest BCUT2D eigenvalue weighted by Gasteiger charge is -2.34. The quantitative estimate of drug-likeness (QED) is 0.828. The number of nitrogens with zero attached hydrogens (tertiary/aromatic N) is 1. The first-order chi connectivity index (χ1) is 9.20.